The maximum atomic E-state index is 12.2. The van der Waals surface area contributed by atoms with Gasteiger partial charge in [-0.15, -0.1) is 11.3 Å². The molecule has 19 heavy (non-hydrogen) atoms. The molecule has 2 rings (SSSR count). The fourth-order valence-corrected chi connectivity index (χ4v) is 3.71. The number of nitrogens with one attached hydrogen (secondary N) is 1. The molecule has 0 aliphatic heterocycles. The van der Waals surface area contributed by atoms with Crippen molar-refractivity contribution < 1.29 is 8.42 Å². The lowest BCUT2D eigenvalue weighted by atomic mass is 10.2. The van der Waals surface area contributed by atoms with Gasteiger partial charge in [-0.2, -0.15) is 5.26 Å². The van der Waals surface area contributed by atoms with Crippen LogP contribution in [0.2, 0.25) is 0 Å². The Hall–Kier alpha value is -1.91. The van der Waals surface area contributed by atoms with Gasteiger partial charge in [0.2, 0.25) is 0 Å². The van der Waals surface area contributed by atoms with Crippen molar-refractivity contribution >= 4 is 26.5 Å². The van der Waals surface area contributed by atoms with Gasteiger partial charge in [0, 0.05) is 11.1 Å². The molecule has 98 valence electrons. The average Bonchev–Trinajstić information content (AvgIpc) is 2.74. The Morgan fingerprint density at radius 1 is 1.37 bits per heavy atom. The largest absolute Gasteiger partial charge is 0.263 e. The van der Waals surface area contributed by atoms with Gasteiger partial charge in [-0.25, -0.2) is 13.4 Å². The molecule has 0 aliphatic carbocycles. The van der Waals surface area contributed by atoms with Crippen LogP contribution < -0.4 is 4.72 Å². The molecule has 0 amide bonds. The third kappa shape index (κ3) is 2.92. The smallest absolute Gasteiger partial charge is 0.255 e. The zero-order valence-electron chi connectivity index (χ0n) is 10.3. The molecule has 0 aliphatic rings. The van der Waals surface area contributed by atoms with Crippen LogP contribution in [0.25, 0.3) is 0 Å². The van der Waals surface area contributed by atoms with E-state index >= 15 is 0 Å². The summed E-state index contributed by atoms with van der Waals surface area (Å²) in [6, 6.07) is 6.49. The number of thiazole rings is 1. The molecular formula is C12H11N3O2S2. The van der Waals surface area contributed by atoms with Gasteiger partial charge in [0.25, 0.3) is 10.0 Å². The Labute approximate surface area is 115 Å². The van der Waals surface area contributed by atoms with Crippen molar-refractivity contribution in [1.82, 2.24) is 4.98 Å². The molecule has 0 saturated heterocycles. The van der Waals surface area contributed by atoms with E-state index in [1.807, 2.05) is 13.0 Å². The first-order valence-electron chi connectivity index (χ1n) is 5.38. The Kier molecular flexibility index (Phi) is 3.55. The highest BCUT2D eigenvalue weighted by Crippen LogP contribution is 2.23. The molecular weight excluding hydrogens is 282 g/mol. The van der Waals surface area contributed by atoms with Gasteiger partial charge in [-0.05, 0) is 31.5 Å². The topological polar surface area (TPSA) is 82.8 Å². The second kappa shape index (κ2) is 4.99. The number of benzene rings is 1. The van der Waals surface area contributed by atoms with Gasteiger partial charge in [-0.1, -0.05) is 6.07 Å². The highest BCUT2D eigenvalue weighted by molar-refractivity contribution is 7.93. The molecule has 0 radical (unpaired) electrons. The first-order chi connectivity index (χ1) is 8.92. The van der Waals surface area contributed by atoms with Crippen LogP contribution in [0.5, 0.6) is 0 Å². The highest BCUT2D eigenvalue weighted by atomic mass is 32.2. The van der Waals surface area contributed by atoms with E-state index in [0.29, 0.717) is 16.3 Å². The van der Waals surface area contributed by atoms with Crippen molar-refractivity contribution in [1.29, 1.82) is 5.26 Å². The molecule has 0 spiro atoms. The summed E-state index contributed by atoms with van der Waals surface area (Å²) in [4.78, 5) is 4.98. The lowest BCUT2D eigenvalue weighted by Gasteiger charge is -2.08. The Morgan fingerprint density at radius 2 is 2.11 bits per heavy atom. The number of sulfonamides is 1. The van der Waals surface area contributed by atoms with Crippen molar-refractivity contribution in [2.75, 3.05) is 4.72 Å². The van der Waals surface area contributed by atoms with Gasteiger partial charge in [-0.3, -0.25) is 4.72 Å². The zero-order valence-corrected chi connectivity index (χ0v) is 12.0. The Morgan fingerprint density at radius 3 is 2.68 bits per heavy atom. The fourth-order valence-electron chi connectivity index (χ4n) is 1.53. The third-order valence-electron chi connectivity index (χ3n) is 2.45. The van der Waals surface area contributed by atoms with Crippen molar-refractivity contribution in [2.24, 2.45) is 0 Å². The average molecular weight is 293 g/mol. The second-order valence-electron chi connectivity index (χ2n) is 3.97. The van der Waals surface area contributed by atoms with Gasteiger partial charge in [0.05, 0.1) is 16.5 Å². The van der Waals surface area contributed by atoms with E-state index in [2.05, 4.69) is 9.71 Å². The molecule has 5 nitrogen and oxygen atoms in total. The van der Waals surface area contributed by atoms with Crippen molar-refractivity contribution in [3.05, 3.63) is 40.4 Å². The molecule has 1 N–H and O–H groups in total. The lowest BCUT2D eigenvalue weighted by molar-refractivity contribution is 0.600. The Bertz CT molecular complexity index is 758. The minimum absolute atomic E-state index is 0.0967. The molecule has 0 fully saturated rings. The summed E-state index contributed by atoms with van der Waals surface area (Å²) in [7, 11) is -3.72. The van der Waals surface area contributed by atoms with Gasteiger partial charge in [0.15, 0.2) is 5.13 Å². The predicted molar refractivity (Wildman–Crippen MR) is 73.6 cm³/mol. The summed E-state index contributed by atoms with van der Waals surface area (Å²) in [5, 5.41) is 9.15. The summed E-state index contributed by atoms with van der Waals surface area (Å²) in [6.07, 6.45) is 1.60. The van der Waals surface area contributed by atoms with E-state index in [1.165, 1.54) is 17.4 Å². The van der Waals surface area contributed by atoms with Crippen LogP contribution >= 0.6 is 11.3 Å². The third-order valence-corrected chi connectivity index (χ3v) is 4.89. The van der Waals surface area contributed by atoms with E-state index in [9.17, 15) is 8.42 Å². The molecule has 0 unspecified atom stereocenters. The summed E-state index contributed by atoms with van der Waals surface area (Å²) in [5.74, 6) is 0. The van der Waals surface area contributed by atoms with Crippen LogP contribution in [0.15, 0.2) is 29.3 Å². The second-order valence-corrected chi connectivity index (χ2v) is 6.86. The van der Waals surface area contributed by atoms with Crippen molar-refractivity contribution in [2.45, 2.75) is 18.7 Å². The van der Waals surface area contributed by atoms with E-state index in [1.54, 1.807) is 25.3 Å². The number of nitrogens with zero attached hydrogens (tertiary/aromatic N) is 2. The van der Waals surface area contributed by atoms with Crippen LogP contribution in [0.4, 0.5) is 5.13 Å². The van der Waals surface area contributed by atoms with E-state index in [0.717, 1.165) is 4.88 Å². The minimum atomic E-state index is -3.72. The molecule has 0 atom stereocenters. The number of hydrogen-bond donors (Lipinski definition) is 1. The number of nitriles is 1. The lowest BCUT2D eigenvalue weighted by Crippen LogP contribution is -2.14. The fraction of sp³-hybridized carbons (Fsp3) is 0.167. The predicted octanol–water partition coefficient (Wildman–Crippen LogP) is 2.43. The van der Waals surface area contributed by atoms with Crippen LogP contribution in [0.3, 0.4) is 0 Å². The van der Waals surface area contributed by atoms with Crippen molar-refractivity contribution in [3.8, 4) is 6.07 Å². The molecule has 2 aromatic rings. The van der Waals surface area contributed by atoms with Gasteiger partial charge < -0.3 is 0 Å². The monoisotopic (exact) mass is 293 g/mol. The minimum Gasteiger partial charge on any atom is -0.255 e. The van der Waals surface area contributed by atoms with Crippen LogP contribution in [0.1, 0.15) is 16.0 Å². The first-order valence-corrected chi connectivity index (χ1v) is 7.68. The van der Waals surface area contributed by atoms with Crippen LogP contribution in [0, 0.1) is 25.2 Å². The zero-order chi connectivity index (χ0) is 14.0. The normalized spacial score (nSPS) is 11.0. The standard InChI is InChI=1S/C12H11N3O2S2/c1-8-3-4-10(6-13)5-11(8)19(16,17)15-12-14-7-9(2)18-12/h3-5,7H,1-2H3,(H,14,15). The SMILES string of the molecule is Cc1cnc(NS(=O)(=O)c2cc(C#N)ccc2C)s1. The maximum absolute atomic E-state index is 12.2. The number of anilines is 1. The van der Waals surface area contributed by atoms with Crippen LogP contribution in [-0.4, -0.2) is 13.4 Å². The number of rotatable bonds is 3. The molecule has 1 aromatic heterocycles. The van der Waals surface area contributed by atoms with E-state index < -0.39 is 10.0 Å². The van der Waals surface area contributed by atoms with E-state index in [4.69, 9.17) is 5.26 Å². The van der Waals surface area contributed by atoms with Crippen molar-refractivity contribution in [3.63, 3.8) is 0 Å². The molecule has 1 heterocycles. The quantitative estimate of drug-likeness (QED) is 0.942. The highest BCUT2D eigenvalue weighted by Gasteiger charge is 2.18. The summed E-state index contributed by atoms with van der Waals surface area (Å²) >= 11 is 1.26. The van der Waals surface area contributed by atoms with Gasteiger partial charge in [0.1, 0.15) is 0 Å². The molecule has 0 bridgehead atoms. The maximum Gasteiger partial charge on any atom is 0.263 e. The summed E-state index contributed by atoms with van der Waals surface area (Å²) in [5.41, 5.74) is 0.890. The Balaban J connectivity index is 2.42. The number of aromatic nitrogens is 1. The van der Waals surface area contributed by atoms with E-state index in [-0.39, 0.29) is 4.90 Å². The molecule has 1 aromatic carbocycles. The molecule has 0 saturated carbocycles. The number of aryl methyl sites for hydroxylation is 2. The number of hydrogen-bond acceptors (Lipinski definition) is 5. The molecule has 7 heteroatoms. The summed E-state index contributed by atoms with van der Waals surface area (Å²) < 4.78 is 26.9. The van der Waals surface area contributed by atoms with Gasteiger partial charge >= 0.3 is 0 Å². The summed E-state index contributed by atoms with van der Waals surface area (Å²) in [6.45, 7) is 3.53. The van der Waals surface area contributed by atoms with Crippen LogP contribution in [-0.2, 0) is 10.0 Å². The first kappa shape index (κ1) is 13.5.